The summed E-state index contributed by atoms with van der Waals surface area (Å²) in [5.74, 6) is -1.70. The van der Waals surface area contributed by atoms with Gasteiger partial charge in [0.15, 0.2) is 11.6 Å². The number of aromatic nitrogens is 2. The molecule has 0 aliphatic rings. The zero-order valence-corrected chi connectivity index (χ0v) is 9.45. The van der Waals surface area contributed by atoms with Crippen molar-refractivity contribution < 1.29 is 8.78 Å². The third kappa shape index (κ3) is 2.34. The Hall–Kier alpha value is -1.75. The Morgan fingerprint density at radius 1 is 1.29 bits per heavy atom. The molecule has 0 spiro atoms. The van der Waals surface area contributed by atoms with Gasteiger partial charge in [-0.3, -0.25) is 4.68 Å². The molecule has 90 valence electrons. The molecule has 1 aromatic carbocycles. The van der Waals surface area contributed by atoms with Crippen LogP contribution in [-0.2, 0) is 6.54 Å². The summed E-state index contributed by atoms with van der Waals surface area (Å²) < 4.78 is 27.7. The third-order valence-electron chi connectivity index (χ3n) is 2.54. The predicted octanol–water partition coefficient (Wildman–Crippen LogP) is 2.10. The number of rotatable bonds is 3. The molecule has 0 bridgehead atoms. The molecule has 1 heterocycles. The van der Waals surface area contributed by atoms with Crippen molar-refractivity contribution >= 4 is 0 Å². The van der Waals surface area contributed by atoms with Gasteiger partial charge in [-0.15, -0.1) is 0 Å². The molecule has 0 unspecified atom stereocenters. The standard InChI is InChI=1S/C12H13F2N3/c1-8-10(7-17(16-8)5-4-15)9-2-3-11(13)12(14)6-9/h2-3,6-7H,4-5,15H2,1H3. The first-order valence-corrected chi connectivity index (χ1v) is 5.31. The van der Waals surface area contributed by atoms with Gasteiger partial charge in [-0.1, -0.05) is 6.07 Å². The van der Waals surface area contributed by atoms with Gasteiger partial charge in [0.2, 0.25) is 0 Å². The summed E-state index contributed by atoms with van der Waals surface area (Å²) in [4.78, 5) is 0. The van der Waals surface area contributed by atoms with Gasteiger partial charge in [0.05, 0.1) is 12.2 Å². The summed E-state index contributed by atoms with van der Waals surface area (Å²) in [6.07, 6.45) is 1.79. The van der Waals surface area contributed by atoms with Gasteiger partial charge >= 0.3 is 0 Å². The van der Waals surface area contributed by atoms with Crippen LogP contribution in [0.2, 0.25) is 0 Å². The van der Waals surface area contributed by atoms with E-state index < -0.39 is 11.6 Å². The van der Waals surface area contributed by atoms with E-state index in [1.807, 2.05) is 6.92 Å². The second-order valence-electron chi connectivity index (χ2n) is 3.81. The fraction of sp³-hybridized carbons (Fsp3) is 0.250. The van der Waals surface area contributed by atoms with Crippen LogP contribution >= 0.6 is 0 Å². The molecule has 3 nitrogen and oxygen atoms in total. The van der Waals surface area contributed by atoms with Crippen LogP contribution in [0.3, 0.4) is 0 Å². The van der Waals surface area contributed by atoms with Crippen LogP contribution < -0.4 is 5.73 Å². The lowest BCUT2D eigenvalue weighted by atomic mass is 10.1. The van der Waals surface area contributed by atoms with Crippen LogP contribution in [0.15, 0.2) is 24.4 Å². The Bertz CT molecular complexity index is 535. The van der Waals surface area contributed by atoms with E-state index in [4.69, 9.17) is 5.73 Å². The fourth-order valence-corrected chi connectivity index (χ4v) is 1.71. The molecular formula is C12H13F2N3. The number of aryl methyl sites for hydroxylation is 1. The van der Waals surface area contributed by atoms with E-state index in [-0.39, 0.29) is 0 Å². The molecule has 17 heavy (non-hydrogen) atoms. The lowest BCUT2D eigenvalue weighted by molar-refractivity contribution is 0.509. The summed E-state index contributed by atoms with van der Waals surface area (Å²) in [7, 11) is 0. The molecule has 0 atom stereocenters. The number of hydrogen-bond acceptors (Lipinski definition) is 2. The first kappa shape index (κ1) is 11.7. The molecule has 0 saturated heterocycles. The zero-order chi connectivity index (χ0) is 12.4. The second-order valence-corrected chi connectivity index (χ2v) is 3.81. The Morgan fingerprint density at radius 3 is 2.71 bits per heavy atom. The van der Waals surface area contributed by atoms with Gasteiger partial charge < -0.3 is 5.73 Å². The number of benzene rings is 1. The average molecular weight is 237 g/mol. The van der Waals surface area contributed by atoms with Gasteiger partial charge in [-0.25, -0.2) is 8.78 Å². The first-order chi connectivity index (χ1) is 8.11. The molecule has 0 fully saturated rings. The quantitative estimate of drug-likeness (QED) is 0.888. The minimum atomic E-state index is -0.853. The zero-order valence-electron chi connectivity index (χ0n) is 9.45. The summed E-state index contributed by atoms with van der Waals surface area (Å²) in [5.41, 5.74) is 7.60. The van der Waals surface area contributed by atoms with E-state index in [1.165, 1.54) is 12.1 Å². The van der Waals surface area contributed by atoms with Crippen molar-refractivity contribution in [3.8, 4) is 11.1 Å². The Morgan fingerprint density at radius 2 is 2.06 bits per heavy atom. The number of nitrogens with zero attached hydrogens (tertiary/aromatic N) is 2. The van der Waals surface area contributed by atoms with Crippen molar-refractivity contribution in [1.82, 2.24) is 9.78 Å². The molecule has 2 aromatic rings. The molecule has 5 heteroatoms. The highest BCUT2D eigenvalue weighted by Gasteiger charge is 2.09. The van der Waals surface area contributed by atoms with Gasteiger partial charge in [0, 0.05) is 18.3 Å². The van der Waals surface area contributed by atoms with E-state index in [0.29, 0.717) is 18.7 Å². The van der Waals surface area contributed by atoms with Crippen molar-refractivity contribution in [2.45, 2.75) is 13.5 Å². The number of hydrogen-bond donors (Lipinski definition) is 1. The summed E-state index contributed by atoms with van der Waals surface area (Å²) in [6, 6.07) is 3.83. The minimum Gasteiger partial charge on any atom is -0.329 e. The van der Waals surface area contributed by atoms with Crippen molar-refractivity contribution in [2.75, 3.05) is 6.54 Å². The summed E-state index contributed by atoms with van der Waals surface area (Å²) in [6.45, 7) is 2.91. The molecule has 0 aliphatic carbocycles. The monoisotopic (exact) mass is 237 g/mol. The van der Waals surface area contributed by atoms with Crippen LogP contribution in [0.1, 0.15) is 5.69 Å². The van der Waals surface area contributed by atoms with E-state index >= 15 is 0 Å². The minimum absolute atomic E-state index is 0.484. The van der Waals surface area contributed by atoms with Gasteiger partial charge in [0.25, 0.3) is 0 Å². The maximum Gasteiger partial charge on any atom is 0.159 e. The maximum absolute atomic E-state index is 13.1. The molecule has 2 rings (SSSR count). The second kappa shape index (κ2) is 4.63. The van der Waals surface area contributed by atoms with Gasteiger partial charge in [0.1, 0.15) is 0 Å². The third-order valence-corrected chi connectivity index (χ3v) is 2.54. The molecule has 0 amide bonds. The van der Waals surface area contributed by atoms with Crippen molar-refractivity contribution in [1.29, 1.82) is 0 Å². The lowest BCUT2D eigenvalue weighted by Gasteiger charge is -1.99. The molecule has 0 radical (unpaired) electrons. The normalized spacial score (nSPS) is 10.8. The average Bonchev–Trinajstić information content (AvgIpc) is 2.64. The topological polar surface area (TPSA) is 43.8 Å². The number of halogens is 2. The maximum atomic E-state index is 13.1. The fourth-order valence-electron chi connectivity index (χ4n) is 1.71. The first-order valence-electron chi connectivity index (χ1n) is 5.31. The van der Waals surface area contributed by atoms with E-state index in [9.17, 15) is 8.78 Å². The van der Waals surface area contributed by atoms with E-state index in [0.717, 1.165) is 17.3 Å². The van der Waals surface area contributed by atoms with Crippen molar-refractivity contribution in [3.63, 3.8) is 0 Å². The predicted molar refractivity (Wildman–Crippen MR) is 61.4 cm³/mol. The summed E-state index contributed by atoms with van der Waals surface area (Å²) >= 11 is 0. The Balaban J connectivity index is 2.41. The van der Waals surface area contributed by atoms with Crippen LogP contribution in [0.4, 0.5) is 8.78 Å². The van der Waals surface area contributed by atoms with Gasteiger partial charge in [-0.2, -0.15) is 5.10 Å². The summed E-state index contributed by atoms with van der Waals surface area (Å²) in [5, 5.41) is 4.25. The highest BCUT2D eigenvalue weighted by molar-refractivity contribution is 5.65. The molecule has 1 aromatic heterocycles. The number of nitrogens with two attached hydrogens (primary N) is 1. The Labute approximate surface area is 97.9 Å². The van der Waals surface area contributed by atoms with Crippen molar-refractivity contribution in [3.05, 3.63) is 41.7 Å². The lowest BCUT2D eigenvalue weighted by Crippen LogP contribution is -2.10. The molecular weight excluding hydrogens is 224 g/mol. The van der Waals surface area contributed by atoms with Crippen LogP contribution in [-0.4, -0.2) is 16.3 Å². The SMILES string of the molecule is Cc1nn(CCN)cc1-c1ccc(F)c(F)c1. The van der Waals surface area contributed by atoms with Crippen LogP contribution in [0.5, 0.6) is 0 Å². The van der Waals surface area contributed by atoms with Crippen LogP contribution in [0, 0.1) is 18.6 Å². The molecule has 0 saturated carbocycles. The molecule has 2 N–H and O–H groups in total. The van der Waals surface area contributed by atoms with E-state index in [2.05, 4.69) is 5.10 Å². The van der Waals surface area contributed by atoms with E-state index in [1.54, 1.807) is 10.9 Å². The van der Waals surface area contributed by atoms with Crippen LogP contribution in [0.25, 0.3) is 11.1 Å². The van der Waals surface area contributed by atoms with Gasteiger partial charge in [-0.05, 0) is 24.6 Å². The highest BCUT2D eigenvalue weighted by Crippen LogP contribution is 2.24. The molecule has 0 aliphatic heterocycles. The largest absolute Gasteiger partial charge is 0.329 e. The smallest absolute Gasteiger partial charge is 0.159 e. The Kier molecular flexibility index (Phi) is 3.19. The highest BCUT2D eigenvalue weighted by atomic mass is 19.2. The van der Waals surface area contributed by atoms with Crippen molar-refractivity contribution in [2.24, 2.45) is 5.73 Å².